The van der Waals surface area contributed by atoms with E-state index in [9.17, 15) is 9.59 Å². The summed E-state index contributed by atoms with van der Waals surface area (Å²) in [4.78, 5) is 36.0. The number of benzene rings is 1. The van der Waals surface area contributed by atoms with Crippen LogP contribution in [0, 0.1) is 0 Å². The van der Waals surface area contributed by atoms with Gasteiger partial charge in [-0.25, -0.2) is 9.78 Å². The van der Waals surface area contributed by atoms with Crippen molar-refractivity contribution >= 4 is 17.3 Å². The molecule has 9 heteroatoms. The molecule has 1 amide bonds. The Morgan fingerprint density at radius 3 is 2.47 bits per heavy atom. The highest BCUT2D eigenvalue weighted by Gasteiger charge is 2.24. The molecule has 0 N–H and O–H groups in total. The molecule has 3 aromatic rings. The molecule has 9 nitrogen and oxygen atoms in total. The first-order valence-corrected chi connectivity index (χ1v) is 11.0. The van der Waals surface area contributed by atoms with Crippen molar-refractivity contribution in [1.29, 1.82) is 0 Å². The smallest absolute Gasteiger partial charge is 0.410 e. The van der Waals surface area contributed by atoms with Crippen LogP contribution < -0.4 is 15.0 Å². The lowest BCUT2D eigenvalue weighted by atomic mass is 10.1. The van der Waals surface area contributed by atoms with Crippen LogP contribution >= 0.6 is 0 Å². The van der Waals surface area contributed by atoms with E-state index in [0.29, 0.717) is 48.0 Å². The van der Waals surface area contributed by atoms with Crippen molar-refractivity contribution in [3.05, 3.63) is 58.8 Å². The Kier molecular flexibility index (Phi) is 6.28. The summed E-state index contributed by atoms with van der Waals surface area (Å²) in [7, 11) is 3.13. The number of hydrogen-bond acceptors (Lipinski definition) is 7. The minimum absolute atomic E-state index is 0.217. The minimum atomic E-state index is -0.537. The second-order valence-electron chi connectivity index (χ2n) is 8.96. The van der Waals surface area contributed by atoms with Crippen LogP contribution in [0.3, 0.4) is 0 Å². The lowest BCUT2D eigenvalue weighted by molar-refractivity contribution is 0.0270. The molecule has 3 heterocycles. The molecule has 0 bridgehead atoms. The zero-order valence-electron chi connectivity index (χ0n) is 20.0. The Hall–Kier alpha value is -3.88. The van der Waals surface area contributed by atoms with E-state index in [2.05, 4.69) is 9.97 Å². The fourth-order valence-corrected chi connectivity index (χ4v) is 3.72. The molecule has 0 spiro atoms. The van der Waals surface area contributed by atoms with Gasteiger partial charge in [0.2, 0.25) is 0 Å². The van der Waals surface area contributed by atoms with Crippen LogP contribution in [-0.4, -0.2) is 58.3 Å². The topological polar surface area (TPSA) is 95.3 Å². The van der Waals surface area contributed by atoms with Gasteiger partial charge in [-0.2, -0.15) is 0 Å². The van der Waals surface area contributed by atoms with Crippen LogP contribution in [0.1, 0.15) is 32.9 Å². The van der Waals surface area contributed by atoms with Crippen molar-refractivity contribution in [2.75, 3.05) is 27.3 Å². The molecular formula is C25H28N4O5. The molecule has 1 aliphatic heterocycles. The molecule has 0 radical (unpaired) electrons. The summed E-state index contributed by atoms with van der Waals surface area (Å²) in [5.41, 5.74) is 2.59. The van der Waals surface area contributed by atoms with Gasteiger partial charge in [-0.05, 0) is 51.0 Å². The maximum Gasteiger partial charge on any atom is 0.410 e. The Morgan fingerprint density at radius 1 is 1.06 bits per heavy atom. The van der Waals surface area contributed by atoms with Crippen LogP contribution in [0.5, 0.6) is 11.5 Å². The molecule has 2 aromatic heterocycles. The Labute approximate surface area is 197 Å². The predicted molar refractivity (Wildman–Crippen MR) is 128 cm³/mol. The third-order valence-corrected chi connectivity index (χ3v) is 5.42. The van der Waals surface area contributed by atoms with Gasteiger partial charge in [-0.1, -0.05) is 6.08 Å². The summed E-state index contributed by atoms with van der Waals surface area (Å²) < 4.78 is 17.6. The molecule has 0 aliphatic carbocycles. The van der Waals surface area contributed by atoms with Crippen LogP contribution in [0.15, 0.2) is 47.5 Å². The van der Waals surface area contributed by atoms with Gasteiger partial charge in [0, 0.05) is 30.9 Å². The van der Waals surface area contributed by atoms with Crippen molar-refractivity contribution in [1.82, 2.24) is 19.3 Å². The lowest BCUT2D eigenvalue weighted by Gasteiger charge is -2.29. The highest BCUT2D eigenvalue weighted by atomic mass is 16.6. The first-order chi connectivity index (χ1) is 16.2. The maximum atomic E-state index is 12.9. The van der Waals surface area contributed by atoms with Gasteiger partial charge >= 0.3 is 6.09 Å². The maximum absolute atomic E-state index is 12.9. The molecule has 34 heavy (non-hydrogen) atoms. The second-order valence-corrected chi connectivity index (χ2v) is 8.96. The second kappa shape index (κ2) is 9.17. The molecule has 0 fully saturated rings. The van der Waals surface area contributed by atoms with Crippen molar-refractivity contribution in [3.63, 3.8) is 0 Å². The summed E-state index contributed by atoms with van der Waals surface area (Å²) in [5.74, 6) is 1.15. The largest absolute Gasteiger partial charge is 0.493 e. The molecule has 0 saturated carbocycles. The Morgan fingerprint density at radius 2 is 1.82 bits per heavy atom. The highest BCUT2D eigenvalue weighted by molar-refractivity contribution is 5.72. The number of hydrogen-bond donors (Lipinski definition) is 0. The van der Waals surface area contributed by atoms with Crippen molar-refractivity contribution < 1.29 is 19.0 Å². The monoisotopic (exact) mass is 464 g/mol. The summed E-state index contributed by atoms with van der Waals surface area (Å²) in [5, 5.41) is 0. The molecule has 4 rings (SSSR count). The molecular weight excluding hydrogens is 436 g/mol. The summed E-state index contributed by atoms with van der Waals surface area (Å²) >= 11 is 0. The normalized spacial score (nSPS) is 14.0. The van der Waals surface area contributed by atoms with Crippen molar-refractivity contribution in [3.8, 4) is 22.8 Å². The van der Waals surface area contributed by atoms with Crippen LogP contribution in [0.4, 0.5) is 4.79 Å². The number of nitrogens with zero attached hydrogens (tertiary/aromatic N) is 4. The van der Waals surface area contributed by atoms with E-state index in [1.165, 1.54) is 10.5 Å². The summed E-state index contributed by atoms with van der Waals surface area (Å²) in [6.07, 6.45) is 5.50. The number of aromatic nitrogens is 3. The van der Waals surface area contributed by atoms with E-state index in [4.69, 9.17) is 14.2 Å². The van der Waals surface area contributed by atoms with E-state index in [0.717, 1.165) is 11.1 Å². The average Bonchev–Trinajstić information content (AvgIpc) is 2.82. The van der Waals surface area contributed by atoms with Crippen molar-refractivity contribution in [2.24, 2.45) is 0 Å². The van der Waals surface area contributed by atoms with Crippen LogP contribution in [-0.2, 0) is 4.74 Å². The Bertz CT molecular complexity index is 1320. The standard InChI is InChI=1S/C25H28N4O5/c1-25(2,3)34-24(31)28-10-8-16(9-11-28)19-15-29-22(14-26-19)27-18(13-23(29)30)17-6-7-20(32-4)21(12-17)33-5/h6-8,12-15H,9-11H2,1-5H3. The summed E-state index contributed by atoms with van der Waals surface area (Å²) in [6.45, 7) is 6.48. The third kappa shape index (κ3) is 4.88. The molecule has 0 unspecified atom stereocenters. The van der Waals surface area contributed by atoms with Gasteiger partial charge < -0.3 is 19.1 Å². The van der Waals surface area contributed by atoms with E-state index in [-0.39, 0.29) is 11.7 Å². The first kappa shape index (κ1) is 23.3. The molecule has 1 aliphatic rings. The highest BCUT2D eigenvalue weighted by Crippen LogP contribution is 2.31. The van der Waals surface area contributed by atoms with Gasteiger partial charge in [0.1, 0.15) is 5.60 Å². The molecule has 1 aromatic carbocycles. The fraction of sp³-hybridized carbons (Fsp3) is 0.360. The van der Waals surface area contributed by atoms with Gasteiger partial charge in [-0.3, -0.25) is 14.2 Å². The quantitative estimate of drug-likeness (QED) is 0.580. The number of rotatable bonds is 4. The lowest BCUT2D eigenvalue weighted by Crippen LogP contribution is -2.39. The fourth-order valence-electron chi connectivity index (χ4n) is 3.72. The van der Waals surface area contributed by atoms with E-state index < -0.39 is 5.60 Å². The van der Waals surface area contributed by atoms with Gasteiger partial charge in [-0.15, -0.1) is 0 Å². The average molecular weight is 465 g/mol. The van der Waals surface area contributed by atoms with Crippen LogP contribution in [0.2, 0.25) is 0 Å². The first-order valence-electron chi connectivity index (χ1n) is 11.0. The number of ether oxygens (including phenoxy) is 3. The minimum Gasteiger partial charge on any atom is -0.493 e. The van der Waals surface area contributed by atoms with Crippen LogP contribution in [0.25, 0.3) is 22.5 Å². The van der Waals surface area contributed by atoms with Crippen molar-refractivity contribution in [2.45, 2.75) is 32.8 Å². The molecule has 0 saturated heterocycles. The molecule has 178 valence electrons. The SMILES string of the molecule is COc1ccc(-c2cc(=O)n3cc(C4=CCN(C(=O)OC(C)(C)C)CC4)ncc3n2)cc1OC. The third-order valence-electron chi connectivity index (χ3n) is 5.42. The number of carbonyl (C=O) groups is 1. The van der Waals surface area contributed by atoms with Gasteiger partial charge in [0.05, 0.1) is 31.8 Å². The van der Waals surface area contributed by atoms with E-state index >= 15 is 0 Å². The predicted octanol–water partition coefficient (Wildman–Crippen LogP) is 3.80. The van der Waals surface area contributed by atoms with E-state index in [1.807, 2.05) is 32.9 Å². The Balaban J connectivity index is 1.59. The van der Waals surface area contributed by atoms with E-state index in [1.54, 1.807) is 43.6 Å². The summed E-state index contributed by atoms with van der Waals surface area (Å²) in [6, 6.07) is 6.86. The van der Waals surface area contributed by atoms with Gasteiger partial charge in [0.15, 0.2) is 17.1 Å². The number of fused-ring (bicyclic) bond motifs is 1. The number of amides is 1. The molecule has 0 atom stereocenters. The zero-order chi connectivity index (χ0) is 24.5. The zero-order valence-corrected chi connectivity index (χ0v) is 20.0. The number of methoxy groups -OCH3 is 2. The number of carbonyl (C=O) groups excluding carboxylic acids is 1. The van der Waals surface area contributed by atoms with Gasteiger partial charge in [0.25, 0.3) is 5.56 Å².